The molecule has 0 saturated heterocycles. The molecule has 2 aromatic carbocycles. The molecule has 5 heteroatoms. The molecule has 0 aliphatic heterocycles. The SMILES string of the molecule is Cc1c(C(=O)O[C@@H](C)c2ccccc2)cccc1[N+](=O)[O-]. The highest BCUT2D eigenvalue weighted by Gasteiger charge is 2.20. The van der Waals surface area contributed by atoms with Gasteiger partial charge in [0, 0.05) is 11.6 Å². The van der Waals surface area contributed by atoms with E-state index in [2.05, 4.69) is 0 Å². The van der Waals surface area contributed by atoms with Gasteiger partial charge < -0.3 is 4.74 Å². The first-order valence-corrected chi connectivity index (χ1v) is 6.50. The fourth-order valence-electron chi connectivity index (χ4n) is 2.06. The van der Waals surface area contributed by atoms with E-state index in [9.17, 15) is 14.9 Å². The molecule has 0 radical (unpaired) electrons. The van der Waals surface area contributed by atoms with Gasteiger partial charge in [-0.1, -0.05) is 36.4 Å². The van der Waals surface area contributed by atoms with E-state index < -0.39 is 17.0 Å². The van der Waals surface area contributed by atoms with Crippen LogP contribution < -0.4 is 0 Å². The summed E-state index contributed by atoms with van der Waals surface area (Å²) in [6.45, 7) is 3.31. The summed E-state index contributed by atoms with van der Waals surface area (Å²) in [5.41, 5.74) is 1.31. The Morgan fingerprint density at radius 1 is 1.14 bits per heavy atom. The number of hydrogen-bond donors (Lipinski definition) is 0. The summed E-state index contributed by atoms with van der Waals surface area (Å²) < 4.78 is 5.38. The third-order valence-corrected chi connectivity index (χ3v) is 3.27. The van der Waals surface area contributed by atoms with Crippen molar-refractivity contribution in [1.82, 2.24) is 0 Å². The topological polar surface area (TPSA) is 69.4 Å². The van der Waals surface area contributed by atoms with Crippen molar-refractivity contribution >= 4 is 11.7 Å². The Morgan fingerprint density at radius 2 is 1.81 bits per heavy atom. The molecule has 21 heavy (non-hydrogen) atoms. The van der Waals surface area contributed by atoms with Gasteiger partial charge in [-0.25, -0.2) is 4.79 Å². The smallest absolute Gasteiger partial charge is 0.339 e. The van der Waals surface area contributed by atoms with Crippen molar-refractivity contribution in [3.63, 3.8) is 0 Å². The molecule has 2 rings (SSSR count). The van der Waals surface area contributed by atoms with E-state index in [1.807, 2.05) is 30.3 Å². The molecule has 0 aromatic heterocycles. The van der Waals surface area contributed by atoms with Gasteiger partial charge >= 0.3 is 5.97 Å². The Balaban J connectivity index is 2.22. The molecule has 108 valence electrons. The molecule has 0 aliphatic rings. The molecule has 0 spiro atoms. The summed E-state index contributed by atoms with van der Waals surface area (Å²) in [6, 6.07) is 13.7. The molecule has 0 fully saturated rings. The number of carbonyl (C=O) groups is 1. The standard InChI is InChI=1S/C16H15NO4/c1-11-14(9-6-10-15(11)17(19)20)16(18)21-12(2)13-7-4-3-5-8-13/h3-10,12H,1-2H3/t12-/m0/s1. The molecule has 1 atom stereocenters. The lowest BCUT2D eigenvalue weighted by atomic mass is 10.1. The quantitative estimate of drug-likeness (QED) is 0.486. The molecule has 0 heterocycles. The average Bonchev–Trinajstić information content (AvgIpc) is 2.47. The van der Waals surface area contributed by atoms with E-state index >= 15 is 0 Å². The maximum absolute atomic E-state index is 12.2. The molecular formula is C16H15NO4. The fraction of sp³-hybridized carbons (Fsp3) is 0.188. The van der Waals surface area contributed by atoms with E-state index in [1.165, 1.54) is 18.2 Å². The Bertz CT molecular complexity index is 667. The number of nitro groups is 1. The highest BCUT2D eigenvalue weighted by Crippen LogP contribution is 2.24. The van der Waals surface area contributed by atoms with Crippen LogP contribution in [0.3, 0.4) is 0 Å². The molecule has 0 aliphatic carbocycles. The third-order valence-electron chi connectivity index (χ3n) is 3.27. The number of rotatable bonds is 4. The number of benzene rings is 2. The van der Waals surface area contributed by atoms with E-state index in [4.69, 9.17) is 4.74 Å². The van der Waals surface area contributed by atoms with E-state index in [1.54, 1.807) is 13.8 Å². The monoisotopic (exact) mass is 285 g/mol. The van der Waals surface area contributed by atoms with Gasteiger partial charge in [0.05, 0.1) is 10.5 Å². The van der Waals surface area contributed by atoms with Crippen molar-refractivity contribution in [1.29, 1.82) is 0 Å². The molecule has 0 N–H and O–H groups in total. The predicted molar refractivity (Wildman–Crippen MR) is 78.1 cm³/mol. The average molecular weight is 285 g/mol. The van der Waals surface area contributed by atoms with Crippen molar-refractivity contribution in [2.24, 2.45) is 0 Å². The molecule has 0 amide bonds. The number of nitro benzene ring substituents is 1. The van der Waals surface area contributed by atoms with Gasteiger partial charge in [0.2, 0.25) is 0 Å². The van der Waals surface area contributed by atoms with Crippen molar-refractivity contribution in [2.45, 2.75) is 20.0 Å². The first-order valence-electron chi connectivity index (χ1n) is 6.50. The Labute approximate surface area is 122 Å². The van der Waals surface area contributed by atoms with Crippen LogP contribution in [-0.4, -0.2) is 10.9 Å². The van der Waals surface area contributed by atoms with Crippen LogP contribution in [0.5, 0.6) is 0 Å². The number of carbonyl (C=O) groups excluding carboxylic acids is 1. The second-order valence-corrected chi connectivity index (χ2v) is 4.67. The summed E-state index contributed by atoms with van der Waals surface area (Å²) in [5.74, 6) is -0.562. The van der Waals surface area contributed by atoms with Crippen LogP contribution in [-0.2, 0) is 4.74 Å². The maximum Gasteiger partial charge on any atom is 0.339 e. The minimum Gasteiger partial charge on any atom is -0.454 e. The van der Waals surface area contributed by atoms with Crippen molar-refractivity contribution in [3.8, 4) is 0 Å². The second-order valence-electron chi connectivity index (χ2n) is 4.67. The van der Waals surface area contributed by atoms with Gasteiger partial charge in [-0.3, -0.25) is 10.1 Å². The van der Waals surface area contributed by atoms with Gasteiger partial charge in [-0.05, 0) is 25.5 Å². The summed E-state index contributed by atoms with van der Waals surface area (Å²) in [4.78, 5) is 22.6. The summed E-state index contributed by atoms with van der Waals surface area (Å²) in [5, 5.41) is 10.9. The zero-order valence-electron chi connectivity index (χ0n) is 11.8. The summed E-state index contributed by atoms with van der Waals surface area (Å²) >= 11 is 0. The largest absolute Gasteiger partial charge is 0.454 e. The van der Waals surface area contributed by atoms with Crippen LogP contribution in [0, 0.1) is 17.0 Å². The minimum absolute atomic E-state index is 0.0863. The van der Waals surface area contributed by atoms with Gasteiger partial charge in [-0.2, -0.15) is 0 Å². The van der Waals surface area contributed by atoms with Crippen molar-refractivity contribution in [2.75, 3.05) is 0 Å². The zero-order chi connectivity index (χ0) is 15.4. The van der Waals surface area contributed by atoms with Gasteiger partial charge in [0.1, 0.15) is 6.10 Å². The number of esters is 1. The molecule has 2 aromatic rings. The highest BCUT2D eigenvalue weighted by molar-refractivity contribution is 5.92. The number of nitrogens with zero attached hydrogens (tertiary/aromatic N) is 1. The molecule has 5 nitrogen and oxygen atoms in total. The normalized spacial score (nSPS) is 11.7. The molecule has 0 saturated carbocycles. The lowest BCUT2D eigenvalue weighted by Gasteiger charge is -2.14. The fourth-order valence-corrected chi connectivity index (χ4v) is 2.06. The van der Waals surface area contributed by atoms with Crippen molar-refractivity contribution < 1.29 is 14.5 Å². The van der Waals surface area contributed by atoms with Crippen LogP contribution in [0.15, 0.2) is 48.5 Å². The Morgan fingerprint density at radius 3 is 2.43 bits per heavy atom. The van der Waals surface area contributed by atoms with Gasteiger partial charge in [-0.15, -0.1) is 0 Å². The van der Waals surface area contributed by atoms with Crippen LogP contribution in [0.2, 0.25) is 0 Å². The van der Waals surface area contributed by atoms with Gasteiger partial charge in [0.25, 0.3) is 5.69 Å². The first kappa shape index (κ1) is 14.7. The predicted octanol–water partition coefficient (Wildman–Crippen LogP) is 3.82. The second kappa shape index (κ2) is 6.17. The zero-order valence-corrected chi connectivity index (χ0v) is 11.8. The van der Waals surface area contributed by atoms with E-state index in [-0.39, 0.29) is 11.3 Å². The van der Waals surface area contributed by atoms with Crippen LogP contribution in [0.25, 0.3) is 0 Å². The maximum atomic E-state index is 12.2. The molecule has 0 unspecified atom stereocenters. The van der Waals surface area contributed by atoms with Crippen LogP contribution >= 0.6 is 0 Å². The molecule has 0 bridgehead atoms. The summed E-state index contributed by atoms with van der Waals surface area (Å²) in [7, 11) is 0. The lowest BCUT2D eigenvalue weighted by molar-refractivity contribution is -0.385. The van der Waals surface area contributed by atoms with Crippen LogP contribution in [0.4, 0.5) is 5.69 Å². The minimum atomic E-state index is -0.562. The Kier molecular flexibility index (Phi) is 4.33. The van der Waals surface area contributed by atoms with E-state index in [0.29, 0.717) is 5.56 Å². The van der Waals surface area contributed by atoms with Crippen LogP contribution in [0.1, 0.15) is 34.5 Å². The van der Waals surface area contributed by atoms with E-state index in [0.717, 1.165) is 5.56 Å². The lowest BCUT2D eigenvalue weighted by Crippen LogP contribution is -2.11. The third kappa shape index (κ3) is 3.25. The molecular weight excluding hydrogens is 270 g/mol. The van der Waals surface area contributed by atoms with Crippen molar-refractivity contribution in [3.05, 3.63) is 75.3 Å². The highest BCUT2D eigenvalue weighted by atomic mass is 16.6. The first-order chi connectivity index (χ1) is 10.0. The number of hydrogen-bond acceptors (Lipinski definition) is 4. The summed E-state index contributed by atoms with van der Waals surface area (Å²) in [6.07, 6.45) is -0.419. The number of ether oxygens (including phenoxy) is 1. The van der Waals surface area contributed by atoms with Gasteiger partial charge in [0.15, 0.2) is 0 Å². The Hall–Kier alpha value is -2.69.